The lowest BCUT2D eigenvalue weighted by Gasteiger charge is -2.31. The van der Waals surface area contributed by atoms with Crippen molar-refractivity contribution in [2.75, 3.05) is 6.54 Å². The van der Waals surface area contributed by atoms with Crippen LogP contribution in [0.2, 0.25) is 0 Å². The number of carbonyl (C=O) groups is 1. The van der Waals surface area contributed by atoms with Gasteiger partial charge in [-0.3, -0.25) is 4.90 Å². The van der Waals surface area contributed by atoms with Crippen LogP contribution in [-0.2, 0) is 13.1 Å². The van der Waals surface area contributed by atoms with Gasteiger partial charge in [-0.15, -0.1) is 12.4 Å². The van der Waals surface area contributed by atoms with Crippen LogP contribution < -0.4 is 0 Å². The Morgan fingerprint density at radius 3 is 2.13 bits per heavy atom. The Morgan fingerprint density at radius 2 is 1.42 bits per heavy atom. The van der Waals surface area contributed by atoms with Gasteiger partial charge < -0.3 is 5.11 Å². The summed E-state index contributed by atoms with van der Waals surface area (Å²) in [6.45, 7) is 1.96. The summed E-state index contributed by atoms with van der Waals surface area (Å²) < 4.78 is 0. The molecule has 6 rings (SSSR count). The maximum absolute atomic E-state index is 12.5. The number of carboxylic acid groups (broad SMARTS) is 1. The van der Waals surface area contributed by atoms with Crippen LogP contribution in [0.5, 0.6) is 0 Å². The van der Waals surface area contributed by atoms with Gasteiger partial charge in [0.15, 0.2) is 0 Å². The fourth-order valence-electron chi connectivity index (χ4n) is 5.18. The van der Waals surface area contributed by atoms with Crippen molar-refractivity contribution in [2.45, 2.75) is 13.1 Å². The topological polar surface area (TPSA) is 53.4 Å². The third-order valence-corrected chi connectivity index (χ3v) is 6.89. The van der Waals surface area contributed by atoms with Crippen molar-refractivity contribution in [3.63, 3.8) is 0 Å². The van der Waals surface area contributed by atoms with Gasteiger partial charge in [-0.1, -0.05) is 103 Å². The summed E-state index contributed by atoms with van der Waals surface area (Å²) in [5.74, 6) is -0.914. The van der Waals surface area contributed by atoms with E-state index in [9.17, 15) is 9.90 Å². The smallest absolute Gasteiger partial charge is 0.336 e. The molecule has 0 unspecified atom stereocenters. The van der Waals surface area contributed by atoms with Gasteiger partial charge in [-0.05, 0) is 40.0 Å². The van der Waals surface area contributed by atoms with E-state index in [1.54, 1.807) is 0 Å². The Hall–Kier alpha value is -4.25. The summed E-state index contributed by atoms with van der Waals surface area (Å²) in [6, 6.07) is 36.6. The van der Waals surface area contributed by atoms with E-state index < -0.39 is 5.97 Å². The zero-order valence-corrected chi connectivity index (χ0v) is 21.6. The molecule has 4 nitrogen and oxygen atoms in total. The minimum Gasteiger partial charge on any atom is -0.478 e. The molecule has 5 aromatic rings. The molecule has 0 amide bonds. The zero-order valence-electron chi connectivity index (χ0n) is 20.7. The number of benzene rings is 4. The van der Waals surface area contributed by atoms with E-state index in [1.165, 1.54) is 11.1 Å². The molecule has 1 N–H and O–H groups in total. The molecule has 0 bridgehead atoms. The number of nitrogens with zero attached hydrogens (tertiary/aromatic N) is 2. The van der Waals surface area contributed by atoms with Crippen LogP contribution in [0.3, 0.4) is 0 Å². The highest BCUT2D eigenvalue weighted by Gasteiger charge is 2.28. The SMILES string of the molecule is Cl.O=C(O)c1c2c(nc3ccccc13)/C(=C\c1ccc(-c3ccccc3)cc1)CN(Cc1ccccc1)C2. The molecule has 38 heavy (non-hydrogen) atoms. The fourth-order valence-corrected chi connectivity index (χ4v) is 5.18. The Kier molecular flexibility index (Phi) is 7.36. The van der Waals surface area contributed by atoms with Crippen LogP contribution in [0.4, 0.5) is 0 Å². The number of para-hydroxylation sites is 1. The first-order chi connectivity index (χ1) is 18.2. The Bertz CT molecular complexity index is 1610. The van der Waals surface area contributed by atoms with Crippen LogP contribution in [0.15, 0.2) is 109 Å². The van der Waals surface area contributed by atoms with Crippen molar-refractivity contribution in [1.29, 1.82) is 0 Å². The fraction of sp³-hybridized carbons (Fsp3) is 0.0909. The molecular weight excluding hydrogens is 492 g/mol. The number of pyridine rings is 1. The molecule has 0 radical (unpaired) electrons. The highest BCUT2D eigenvalue weighted by Crippen LogP contribution is 2.35. The van der Waals surface area contributed by atoms with E-state index in [1.807, 2.05) is 60.7 Å². The number of carboxylic acids is 1. The molecule has 0 saturated heterocycles. The van der Waals surface area contributed by atoms with E-state index in [2.05, 4.69) is 59.5 Å². The standard InChI is InChI=1S/C33H26N2O2.ClH/c36-33(37)31-28-13-7-8-14-30(28)34-32-27(21-35(22-29(31)32)20-24-9-3-1-4-10-24)19-23-15-17-26(18-16-23)25-11-5-2-6-12-25;/h1-19H,20-22H2,(H,36,37);1H/b27-19-;. The molecule has 0 saturated carbocycles. The van der Waals surface area contributed by atoms with Crippen LogP contribution in [-0.4, -0.2) is 27.5 Å². The lowest BCUT2D eigenvalue weighted by atomic mass is 9.91. The van der Waals surface area contributed by atoms with Gasteiger partial charge >= 0.3 is 5.97 Å². The van der Waals surface area contributed by atoms with Crippen molar-refractivity contribution in [3.8, 4) is 11.1 Å². The zero-order chi connectivity index (χ0) is 25.2. The van der Waals surface area contributed by atoms with Gasteiger partial charge in [0.1, 0.15) is 0 Å². The third-order valence-electron chi connectivity index (χ3n) is 6.89. The molecule has 0 spiro atoms. The molecule has 0 aliphatic carbocycles. The van der Waals surface area contributed by atoms with Crippen molar-refractivity contribution >= 4 is 40.9 Å². The minimum absolute atomic E-state index is 0. The molecule has 1 aliphatic rings. The molecule has 0 fully saturated rings. The van der Waals surface area contributed by atoms with Gasteiger partial charge in [0.25, 0.3) is 0 Å². The molecule has 0 atom stereocenters. The summed E-state index contributed by atoms with van der Waals surface area (Å²) in [6.07, 6.45) is 2.15. The van der Waals surface area contributed by atoms with Gasteiger partial charge in [-0.2, -0.15) is 0 Å². The maximum Gasteiger partial charge on any atom is 0.336 e. The lowest BCUT2D eigenvalue weighted by Crippen LogP contribution is -2.31. The summed E-state index contributed by atoms with van der Waals surface area (Å²) >= 11 is 0. The average molecular weight is 519 g/mol. The number of halogens is 1. The first-order valence-corrected chi connectivity index (χ1v) is 12.4. The number of aromatic nitrogens is 1. The predicted octanol–water partition coefficient (Wildman–Crippen LogP) is 7.58. The quantitative estimate of drug-likeness (QED) is 0.260. The normalized spacial score (nSPS) is 14.2. The molecule has 1 aliphatic heterocycles. The Labute approximate surface area is 228 Å². The summed E-state index contributed by atoms with van der Waals surface area (Å²) in [4.78, 5) is 19.8. The second-order valence-electron chi connectivity index (χ2n) is 9.42. The van der Waals surface area contributed by atoms with Crippen molar-refractivity contribution < 1.29 is 9.90 Å². The number of fused-ring (bicyclic) bond motifs is 2. The first-order valence-electron chi connectivity index (χ1n) is 12.4. The number of aromatic carboxylic acids is 1. The molecular formula is C33H27ClN2O2. The van der Waals surface area contributed by atoms with Crippen LogP contribution >= 0.6 is 12.4 Å². The lowest BCUT2D eigenvalue weighted by molar-refractivity contribution is 0.0696. The third kappa shape index (κ3) is 5.10. The first kappa shape index (κ1) is 25.4. The molecule has 2 heterocycles. The van der Waals surface area contributed by atoms with Crippen molar-refractivity contribution in [3.05, 3.63) is 137 Å². The summed E-state index contributed by atoms with van der Waals surface area (Å²) in [5, 5.41) is 10.9. The van der Waals surface area contributed by atoms with E-state index >= 15 is 0 Å². The van der Waals surface area contributed by atoms with E-state index in [0.717, 1.165) is 34.5 Å². The van der Waals surface area contributed by atoms with E-state index in [-0.39, 0.29) is 12.4 Å². The predicted molar refractivity (Wildman–Crippen MR) is 156 cm³/mol. The minimum atomic E-state index is -0.914. The monoisotopic (exact) mass is 518 g/mol. The molecule has 1 aromatic heterocycles. The van der Waals surface area contributed by atoms with E-state index in [4.69, 9.17) is 4.98 Å². The molecule has 4 aromatic carbocycles. The largest absolute Gasteiger partial charge is 0.478 e. The van der Waals surface area contributed by atoms with Crippen molar-refractivity contribution in [2.24, 2.45) is 0 Å². The van der Waals surface area contributed by atoms with Gasteiger partial charge in [0, 0.05) is 30.6 Å². The highest BCUT2D eigenvalue weighted by atomic mass is 35.5. The van der Waals surface area contributed by atoms with Crippen LogP contribution in [0.1, 0.15) is 32.7 Å². The maximum atomic E-state index is 12.5. The number of rotatable bonds is 5. The van der Waals surface area contributed by atoms with Crippen LogP contribution in [0, 0.1) is 0 Å². The second-order valence-corrected chi connectivity index (χ2v) is 9.42. The molecule has 5 heteroatoms. The van der Waals surface area contributed by atoms with Crippen LogP contribution in [0.25, 0.3) is 33.7 Å². The summed E-state index contributed by atoms with van der Waals surface area (Å²) in [5.41, 5.74) is 8.25. The van der Waals surface area contributed by atoms with Gasteiger partial charge in [-0.25, -0.2) is 9.78 Å². The molecule has 188 valence electrons. The number of hydrogen-bond acceptors (Lipinski definition) is 3. The highest BCUT2D eigenvalue weighted by molar-refractivity contribution is 6.06. The Morgan fingerprint density at radius 1 is 0.789 bits per heavy atom. The summed E-state index contributed by atoms with van der Waals surface area (Å²) in [7, 11) is 0. The van der Waals surface area contributed by atoms with Gasteiger partial charge in [0.05, 0.1) is 16.8 Å². The average Bonchev–Trinajstić information content (AvgIpc) is 2.93. The number of hydrogen-bond donors (Lipinski definition) is 1. The second kappa shape index (κ2) is 11.0. The van der Waals surface area contributed by atoms with E-state index in [0.29, 0.717) is 29.6 Å². The van der Waals surface area contributed by atoms with Crippen molar-refractivity contribution in [1.82, 2.24) is 9.88 Å². The Balaban J connectivity index is 0.00000294. The van der Waals surface area contributed by atoms with Gasteiger partial charge in [0.2, 0.25) is 0 Å².